The number of benzene rings is 2. The molecule has 286 valence electrons. The van der Waals surface area contributed by atoms with Gasteiger partial charge in [-0.15, -0.1) is 0 Å². The maximum atomic E-state index is 13.7. The van der Waals surface area contributed by atoms with E-state index in [1.165, 1.54) is 36.7 Å². The van der Waals surface area contributed by atoms with Gasteiger partial charge in [-0.05, 0) is 72.8 Å². The van der Waals surface area contributed by atoms with E-state index in [-0.39, 0.29) is 34.3 Å². The number of nitrogens with one attached hydrogen (secondary N) is 2. The fourth-order valence-electron chi connectivity index (χ4n) is 5.46. The van der Waals surface area contributed by atoms with Gasteiger partial charge in [-0.3, -0.25) is 18.8 Å². The molecule has 0 atom stereocenters. The van der Waals surface area contributed by atoms with E-state index in [4.69, 9.17) is 5.26 Å². The molecule has 11 nitrogen and oxygen atoms in total. The summed E-state index contributed by atoms with van der Waals surface area (Å²) in [5, 5.41) is 14.6. The SMILES string of the molecule is Fc1ccc(Nc2cncc(-c3c(C(F)(F)F)nc4ccc(F)cn34)n2)cc1.N#Cc1ccc(Nc2cncc(-c3c(C(F)(F)F)nc4ccc(F)cn34)n2)cc1. The van der Waals surface area contributed by atoms with E-state index in [1.54, 1.807) is 24.3 Å². The second-order valence-corrected chi connectivity index (χ2v) is 11.8. The lowest BCUT2D eigenvalue weighted by molar-refractivity contribution is -0.141. The van der Waals surface area contributed by atoms with Crippen LogP contribution in [-0.4, -0.2) is 38.7 Å². The molecule has 0 aliphatic rings. The van der Waals surface area contributed by atoms with Crippen LogP contribution in [0.2, 0.25) is 0 Å². The van der Waals surface area contributed by atoms with Crippen LogP contribution in [0.1, 0.15) is 17.0 Å². The van der Waals surface area contributed by atoms with Crippen LogP contribution in [-0.2, 0) is 12.4 Å². The van der Waals surface area contributed by atoms with Crippen LogP contribution >= 0.6 is 0 Å². The summed E-state index contributed by atoms with van der Waals surface area (Å²) < 4.78 is 123. The van der Waals surface area contributed by atoms with Gasteiger partial charge in [-0.1, -0.05) is 0 Å². The fourth-order valence-corrected chi connectivity index (χ4v) is 5.46. The highest BCUT2D eigenvalue weighted by atomic mass is 19.4. The maximum Gasteiger partial charge on any atom is 0.435 e. The Morgan fingerprint density at radius 3 is 1.32 bits per heavy atom. The number of nitriles is 1. The Hall–Kier alpha value is -7.56. The monoisotopic (exact) mass is 789 g/mol. The summed E-state index contributed by atoms with van der Waals surface area (Å²) in [7, 11) is 0. The van der Waals surface area contributed by atoms with Crippen molar-refractivity contribution in [3.63, 3.8) is 0 Å². The van der Waals surface area contributed by atoms with E-state index < -0.39 is 52.6 Å². The molecule has 0 fully saturated rings. The molecule has 0 saturated heterocycles. The number of rotatable bonds is 6. The zero-order valence-electron chi connectivity index (χ0n) is 28.3. The third-order valence-corrected chi connectivity index (χ3v) is 7.86. The van der Waals surface area contributed by atoms with Crippen LogP contribution in [0, 0.1) is 28.8 Å². The van der Waals surface area contributed by atoms with Crippen LogP contribution in [0.5, 0.6) is 0 Å². The third kappa shape index (κ3) is 8.26. The molecule has 8 rings (SSSR count). The predicted molar refractivity (Wildman–Crippen MR) is 186 cm³/mol. The number of hydrogen-bond donors (Lipinski definition) is 2. The Morgan fingerprint density at radius 2 is 0.912 bits per heavy atom. The van der Waals surface area contributed by atoms with Crippen LogP contribution in [0.3, 0.4) is 0 Å². The second-order valence-electron chi connectivity index (χ2n) is 11.8. The smallest absolute Gasteiger partial charge is 0.339 e. The van der Waals surface area contributed by atoms with Gasteiger partial charge < -0.3 is 10.6 Å². The summed E-state index contributed by atoms with van der Waals surface area (Å²) in [6, 6.07) is 18.0. The molecule has 2 aromatic carbocycles. The zero-order valence-corrected chi connectivity index (χ0v) is 28.3. The average Bonchev–Trinajstić information content (AvgIpc) is 3.76. The summed E-state index contributed by atoms with van der Waals surface area (Å²) in [5.41, 5.74) is -2.18. The normalized spacial score (nSPS) is 11.6. The van der Waals surface area contributed by atoms with Gasteiger partial charge in [0.05, 0.1) is 36.4 Å². The van der Waals surface area contributed by atoms with E-state index >= 15 is 0 Å². The molecule has 0 bridgehead atoms. The van der Waals surface area contributed by atoms with Crippen LogP contribution in [0.4, 0.5) is 62.5 Å². The summed E-state index contributed by atoms with van der Waals surface area (Å²) in [6.07, 6.45) is -2.84. The molecular weight excluding hydrogens is 769 g/mol. The van der Waals surface area contributed by atoms with Crippen molar-refractivity contribution in [1.29, 1.82) is 5.26 Å². The summed E-state index contributed by atoms with van der Waals surface area (Å²) in [6.45, 7) is 0. The Balaban J connectivity index is 0.000000174. The number of aromatic nitrogens is 8. The number of imidazole rings is 2. The molecule has 0 radical (unpaired) electrons. The molecule has 20 heteroatoms. The van der Waals surface area contributed by atoms with Gasteiger partial charge >= 0.3 is 12.4 Å². The number of halogens is 9. The van der Waals surface area contributed by atoms with Crippen molar-refractivity contribution in [2.24, 2.45) is 0 Å². The van der Waals surface area contributed by atoms with Gasteiger partial charge in [0.15, 0.2) is 11.4 Å². The van der Waals surface area contributed by atoms with E-state index in [1.807, 2.05) is 6.07 Å². The maximum absolute atomic E-state index is 13.7. The second kappa shape index (κ2) is 14.9. The number of anilines is 4. The van der Waals surface area contributed by atoms with Gasteiger partial charge in [0.25, 0.3) is 0 Å². The van der Waals surface area contributed by atoms with Crippen LogP contribution < -0.4 is 10.6 Å². The van der Waals surface area contributed by atoms with Crippen molar-refractivity contribution in [3.8, 4) is 28.8 Å². The van der Waals surface area contributed by atoms with Crippen molar-refractivity contribution in [3.05, 3.63) is 144 Å². The average molecular weight is 790 g/mol. The molecule has 0 aliphatic heterocycles. The molecule has 0 saturated carbocycles. The summed E-state index contributed by atoms with van der Waals surface area (Å²) in [4.78, 5) is 23.3. The fraction of sp³-hybridized carbons (Fsp3) is 0.0541. The van der Waals surface area contributed by atoms with E-state index in [0.717, 1.165) is 57.9 Å². The largest absolute Gasteiger partial charge is 0.435 e. The molecule has 0 spiro atoms. The lowest BCUT2D eigenvalue weighted by Crippen LogP contribution is -2.09. The Morgan fingerprint density at radius 1 is 0.509 bits per heavy atom. The highest BCUT2D eigenvalue weighted by Crippen LogP contribution is 2.38. The molecule has 6 aromatic heterocycles. The molecule has 8 aromatic rings. The number of fused-ring (bicyclic) bond motifs is 2. The van der Waals surface area contributed by atoms with Crippen LogP contribution in [0.15, 0.2) is 110 Å². The first-order chi connectivity index (χ1) is 27.2. The minimum atomic E-state index is -4.78. The number of nitrogens with zero attached hydrogens (tertiary/aromatic N) is 9. The minimum absolute atomic E-state index is 0.0685. The number of hydrogen-bond acceptors (Lipinski definition) is 9. The predicted octanol–water partition coefficient (Wildman–Crippen LogP) is 9.40. The molecule has 2 N–H and O–H groups in total. The standard InChI is InChI=1S/C19H10F4N6.C18H10F5N5/c20-12-3-6-16-28-18(19(21,22)23)17(29(16)10-12)14-8-25-9-15(27-14)26-13-4-1-11(7-24)2-5-13;19-10-1-4-12(5-2-10)25-14-8-24-7-13(26-14)16-17(18(21,22)23)27-15-6-3-11(20)9-28(15)16/h1-6,8-10H,(H,26,27);1-9H,(H,25,26). The van der Waals surface area contributed by atoms with Gasteiger partial charge in [-0.25, -0.2) is 33.1 Å². The lowest BCUT2D eigenvalue weighted by Gasteiger charge is -2.10. The van der Waals surface area contributed by atoms with Crippen molar-refractivity contribution in [1.82, 2.24) is 38.7 Å². The number of pyridine rings is 2. The number of alkyl halides is 6. The Bertz CT molecular complexity index is 2770. The lowest BCUT2D eigenvalue weighted by atomic mass is 10.2. The first-order valence-corrected chi connectivity index (χ1v) is 16.1. The molecule has 0 unspecified atom stereocenters. The molecule has 0 aliphatic carbocycles. The highest BCUT2D eigenvalue weighted by molar-refractivity contribution is 5.68. The van der Waals surface area contributed by atoms with Gasteiger partial charge in [0.2, 0.25) is 0 Å². The molecule has 6 heterocycles. The zero-order chi connectivity index (χ0) is 40.5. The van der Waals surface area contributed by atoms with Crippen molar-refractivity contribution in [2.75, 3.05) is 10.6 Å². The molecular formula is C37H20F9N11. The summed E-state index contributed by atoms with van der Waals surface area (Å²) >= 11 is 0. The Labute approximate surface area is 313 Å². The molecule has 57 heavy (non-hydrogen) atoms. The van der Waals surface area contributed by atoms with E-state index in [9.17, 15) is 39.5 Å². The molecule has 0 amide bonds. The first kappa shape index (κ1) is 37.7. The quantitative estimate of drug-likeness (QED) is 0.158. The van der Waals surface area contributed by atoms with Gasteiger partial charge in [0, 0.05) is 23.8 Å². The van der Waals surface area contributed by atoms with Gasteiger partial charge in [-0.2, -0.15) is 31.6 Å². The third-order valence-electron chi connectivity index (χ3n) is 7.86. The van der Waals surface area contributed by atoms with E-state index in [0.29, 0.717) is 16.9 Å². The summed E-state index contributed by atoms with van der Waals surface area (Å²) in [5.74, 6) is -1.58. The van der Waals surface area contributed by atoms with E-state index in [2.05, 4.69) is 40.5 Å². The topological polar surface area (TPSA) is 134 Å². The Kier molecular flexibility index (Phi) is 9.89. The highest BCUT2D eigenvalue weighted by Gasteiger charge is 2.40. The van der Waals surface area contributed by atoms with Crippen molar-refractivity contribution >= 4 is 34.3 Å². The van der Waals surface area contributed by atoms with Crippen molar-refractivity contribution in [2.45, 2.75) is 12.4 Å². The van der Waals surface area contributed by atoms with Crippen LogP contribution in [0.25, 0.3) is 34.1 Å². The van der Waals surface area contributed by atoms with Gasteiger partial charge in [0.1, 0.15) is 63.2 Å². The van der Waals surface area contributed by atoms with Crippen molar-refractivity contribution < 1.29 is 39.5 Å². The first-order valence-electron chi connectivity index (χ1n) is 16.1. The minimum Gasteiger partial charge on any atom is -0.339 e.